The van der Waals surface area contributed by atoms with Crippen molar-refractivity contribution in [3.8, 4) is 11.8 Å². The average molecular weight is 527 g/mol. The second-order valence-corrected chi connectivity index (χ2v) is 9.65. The van der Waals surface area contributed by atoms with Crippen molar-refractivity contribution in [2.75, 3.05) is 11.9 Å². The highest BCUT2D eigenvalue weighted by atomic mass is 35.5. The highest BCUT2D eigenvalue weighted by Gasteiger charge is 2.24. The number of nitrogens with zero attached hydrogens (tertiary/aromatic N) is 3. The van der Waals surface area contributed by atoms with Crippen molar-refractivity contribution in [1.29, 1.82) is 0 Å². The van der Waals surface area contributed by atoms with Gasteiger partial charge in [-0.1, -0.05) is 34.4 Å². The number of ether oxygens (including phenoxy) is 1. The number of hydrogen-bond acceptors (Lipinski definition) is 6. The third kappa shape index (κ3) is 6.17. The number of rotatable bonds is 9. The molecule has 3 N–H and O–H groups in total. The van der Waals surface area contributed by atoms with Gasteiger partial charge in [0.05, 0.1) is 21.0 Å². The van der Waals surface area contributed by atoms with Crippen LogP contribution in [0.2, 0.25) is 10.0 Å². The van der Waals surface area contributed by atoms with Crippen LogP contribution in [-0.2, 0) is 16.6 Å². The van der Waals surface area contributed by atoms with Crippen LogP contribution < -0.4 is 20.1 Å². The summed E-state index contributed by atoms with van der Waals surface area (Å²) < 4.78 is 35.7. The molecule has 0 fully saturated rings. The lowest BCUT2D eigenvalue weighted by atomic mass is 10.3. The van der Waals surface area contributed by atoms with Gasteiger partial charge in [0.25, 0.3) is 0 Å². The number of amides is 2. The van der Waals surface area contributed by atoms with E-state index in [9.17, 15) is 13.2 Å². The van der Waals surface area contributed by atoms with Crippen LogP contribution in [-0.4, -0.2) is 35.8 Å². The van der Waals surface area contributed by atoms with Gasteiger partial charge in [0.2, 0.25) is 10.0 Å². The summed E-state index contributed by atoms with van der Waals surface area (Å²) in [6, 6.07) is 9.96. The molecular weight excluding hydrogens is 503 g/mol. The van der Waals surface area contributed by atoms with E-state index in [4.69, 9.17) is 27.9 Å². The standard InChI is InChI=1S/C21H24Cl2N6O4S/c1-4-24-20(30)25-14-7-6-8-15(11-14)33-21-27-26-19(29(21)5-2)13(3)28-34(31,32)16-9-10-17(22)18(23)12-16/h6-13,28H,4-5H2,1-3H3,(H2,24,25,30)/t13-/m1/s1. The van der Waals surface area contributed by atoms with Gasteiger partial charge in [0, 0.05) is 24.8 Å². The Balaban J connectivity index is 1.78. The van der Waals surface area contributed by atoms with E-state index in [2.05, 4.69) is 25.6 Å². The Bertz CT molecular complexity index is 1280. The van der Waals surface area contributed by atoms with Gasteiger partial charge < -0.3 is 15.4 Å². The Morgan fingerprint density at radius 3 is 2.56 bits per heavy atom. The van der Waals surface area contributed by atoms with E-state index in [0.29, 0.717) is 30.4 Å². The normalized spacial score (nSPS) is 12.3. The lowest BCUT2D eigenvalue weighted by Gasteiger charge is -2.16. The van der Waals surface area contributed by atoms with Gasteiger partial charge in [-0.05, 0) is 51.1 Å². The minimum Gasteiger partial charge on any atom is -0.424 e. The van der Waals surface area contributed by atoms with Gasteiger partial charge in [-0.15, -0.1) is 5.10 Å². The summed E-state index contributed by atoms with van der Waals surface area (Å²) in [6.07, 6.45) is 0. The third-order valence-electron chi connectivity index (χ3n) is 4.62. The molecule has 0 unspecified atom stereocenters. The maximum absolute atomic E-state index is 12.8. The molecule has 0 bridgehead atoms. The summed E-state index contributed by atoms with van der Waals surface area (Å²) in [4.78, 5) is 11.7. The monoisotopic (exact) mass is 526 g/mol. The zero-order chi connectivity index (χ0) is 24.9. The molecule has 2 aromatic carbocycles. The van der Waals surface area contributed by atoms with Crippen molar-refractivity contribution in [2.24, 2.45) is 0 Å². The van der Waals surface area contributed by atoms with Crippen LogP contribution in [0.25, 0.3) is 0 Å². The number of nitrogens with one attached hydrogen (secondary N) is 3. The van der Waals surface area contributed by atoms with Gasteiger partial charge in [-0.2, -0.15) is 0 Å². The van der Waals surface area contributed by atoms with Crippen LogP contribution in [0.1, 0.15) is 32.6 Å². The average Bonchev–Trinajstić information content (AvgIpc) is 3.18. The molecule has 0 radical (unpaired) electrons. The molecule has 0 saturated carbocycles. The molecular formula is C21H24Cl2N6O4S. The highest BCUT2D eigenvalue weighted by Crippen LogP contribution is 2.28. The maximum Gasteiger partial charge on any atom is 0.322 e. The second-order valence-electron chi connectivity index (χ2n) is 7.12. The fraction of sp³-hybridized carbons (Fsp3) is 0.286. The van der Waals surface area contributed by atoms with Crippen molar-refractivity contribution < 1.29 is 17.9 Å². The summed E-state index contributed by atoms with van der Waals surface area (Å²) in [5.74, 6) is 0.782. The molecule has 0 aliphatic heterocycles. The van der Waals surface area contributed by atoms with Crippen LogP contribution in [0.15, 0.2) is 47.4 Å². The van der Waals surface area contributed by atoms with Crippen molar-refractivity contribution in [1.82, 2.24) is 24.8 Å². The van der Waals surface area contributed by atoms with Crippen LogP contribution in [0.5, 0.6) is 11.8 Å². The lowest BCUT2D eigenvalue weighted by Crippen LogP contribution is -2.29. The zero-order valence-corrected chi connectivity index (χ0v) is 21.0. The van der Waals surface area contributed by atoms with E-state index in [1.165, 1.54) is 18.2 Å². The van der Waals surface area contributed by atoms with E-state index >= 15 is 0 Å². The summed E-state index contributed by atoms with van der Waals surface area (Å²) in [6.45, 7) is 6.24. The van der Waals surface area contributed by atoms with Crippen LogP contribution in [0.3, 0.4) is 0 Å². The molecule has 3 rings (SSSR count). The second kappa shape index (κ2) is 11.0. The number of carbonyl (C=O) groups excluding carboxylic acids is 1. The van der Waals surface area contributed by atoms with Crippen molar-refractivity contribution in [2.45, 2.75) is 38.3 Å². The Morgan fingerprint density at radius 2 is 1.88 bits per heavy atom. The van der Waals surface area contributed by atoms with Gasteiger partial charge in [-0.25, -0.2) is 17.9 Å². The number of benzene rings is 2. The first-order chi connectivity index (χ1) is 16.1. The number of sulfonamides is 1. The van der Waals surface area contributed by atoms with Gasteiger partial charge in [-0.3, -0.25) is 4.57 Å². The van der Waals surface area contributed by atoms with Gasteiger partial charge >= 0.3 is 12.0 Å². The summed E-state index contributed by atoms with van der Waals surface area (Å²) >= 11 is 11.8. The van der Waals surface area contributed by atoms with Crippen molar-refractivity contribution in [3.63, 3.8) is 0 Å². The fourth-order valence-electron chi connectivity index (χ4n) is 3.07. The predicted molar refractivity (Wildman–Crippen MR) is 130 cm³/mol. The molecule has 34 heavy (non-hydrogen) atoms. The third-order valence-corrected chi connectivity index (χ3v) is 6.90. The van der Waals surface area contributed by atoms with E-state index in [0.717, 1.165) is 0 Å². The number of carbonyl (C=O) groups is 1. The van der Waals surface area contributed by atoms with Gasteiger partial charge in [0.1, 0.15) is 5.75 Å². The number of halogens is 2. The molecule has 3 aromatic rings. The van der Waals surface area contributed by atoms with E-state index in [-0.39, 0.29) is 27.0 Å². The van der Waals surface area contributed by atoms with Crippen LogP contribution >= 0.6 is 23.2 Å². The molecule has 1 aromatic heterocycles. The first-order valence-electron chi connectivity index (χ1n) is 10.4. The molecule has 182 valence electrons. The summed E-state index contributed by atoms with van der Waals surface area (Å²) in [7, 11) is -3.90. The smallest absolute Gasteiger partial charge is 0.322 e. The molecule has 10 nitrogen and oxygen atoms in total. The molecule has 13 heteroatoms. The minimum atomic E-state index is -3.90. The summed E-state index contributed by atoms with van der Waals surface area (Å²) in [5.41, 5.74) is 0.536. The first kappa shape index (κ1) is 25.8. The quantitative estimate of drug-likeness (QED) is 0.374. The Morgan fingerprint density at radius 1 is 1.12 bits per heavy atom. The van der Waals surface area contributed by atoms with Gasteiger partial charge in [0.15, 0.2) is 5.82 Å². The number of urea groups is 1. The Kier molecular flexibility index (Phi) is 8.37. The number of anilines is 1. The number of hydrogen-bond donors (Lipinski definition) is 3. The SMILES string of the molecule is CCNC(=O)Nc1cccc(Oc2nnc([C@@H](C)NS(=O)(=O)c3ccc(Cl)c(Cl)c3)n2CC)c1. The predicted octanol–water partition coefficient (Wildman–Crippen LogP) is 4.58. The minimum absolute atomic E-state index is 0.0239. The Labute approximate surface area is 207 Å². The van der Waals surface area contributed by atoms with Crippen molar-refractivity contribution >= 4 is 44.9 Å². The largest absolute Gasteiger partial charge is 0.424 e. The van der Waals surface area contributed by atoms with E-state index < -0.39 is 16.1 Å². The molecule has 0 aliphatic carbocycles. The summed E-state index contributed by atoms with van der Waals surface area (Å²) in [5, 5.41) is 13.9. The number of aromatic nitrogens is 3. The molecule has 2 amide bonds. The maximum atomic E-state index is 12.8. The van der Waals surface area contributed by atoms with Crippen molar-refractivity contribution in [3.05, 3.63) is 58.3 Å². The topological polar surface area (TPSA) is 127 Å². The molecule has 1 heterocycles. The Hall–Kier alpha value is -2.86. The van der Waals surface area contributed by atoms with Crippen LogP contribution in [0, 0.1) is 0 Å². The molecule has 0 spiro atoms. The van der Waals surface area contributed by atoms with E-state index in [1.807, 2.05) is 13.8 Å². The molecule has 1 atom stereocenters. The zero-order valence-electron chi connectivity index (χ0n) is 18.7. The first-order valence-corrected chi connectivity index (χ1v) is 12.6. The lowest BCUT2D eigenvalue weighted by molar-refractivity contribution is 0.252. The molecule has 0 saturated heterocycles. The molecule has 0 aliphatic rings. The van der Waals surface area contributed by atoms with E-state index in [1.54, 1.807) is 35.8 Å². The highest BCUT2D eigenvalue weighted by molar-refractivity contribution is 7.89. The van der Waals surface area contributed by atoms with Crippen LogP contribution in [0.4, 0.5) is 10.5 Å². The fourth-order valence-corrected chi connectivity index (χ4v) is 4.66.